The van der Waals surface area contributed by atoms with Gasteiger partial charge in [0.1, 0.15) is 0 Å². The first-order valence-electron chi connectivity index (χ1n) is 3.85. The Balaban J connectivity index is 4.10. The molecule has 1 unspecified atom stereocenters. The second kappa shape index (κ2) is 3.63. The lowest BCUT2D eigenvalue weighted by Gasteiger charge is -2.23. The van der Waals surface area contributed by atoms with Crippen molar-refractivity contribution in [1.82, 2.24) is 0 Å². The average molecular weight is 138 g/mol. The van der Waals surface area contributed by atoms with E-state index >= 15 is 0 Å². The predicted molar refractivity (Wildman–Crippen MR) is 46.9 cm³/mol. The van der Waals surface area contributed by atoms with E-state index in [1.54, 1.807) is 0 Å². The van der Waals surface area contributed by atoms with Crippen molar-refractivity contribution >= 4 is 0 Å². The highest BCUT2D eigenvalue weighted by atomic mass is 14.2. The van der Waals surface area contributed by atoms with Gasteiger partial charge in [0, 0.05) is 0 Å². The third kappa shape index (κ3) is 3.53. The van der Waals surface area contributed by atoms with Gasteiger partial charge in [0.25, 0.3) is 0 Å². The minimum absolute atomic E-state index is 0.371. The van der Waals surface area contributed by atoms with E-state index in [2.05, 4.69) is 39.5 Å². The summed E-state index contributed by atoms with van der Waals surface area (Å²) in [7, 11) is 0. The number of hydrogen-bond acceptors (Lipinski definition) is 0. The molecule has 10 heavy (non-hydrogen) atoms. The van der Waals surface area contributed by atoms with E-state index < -0.39 is 0 Å². The van der Waals surface area contributed by atoms with Crippen LogP contribution in [0.4, 0.5) is 0 Å². The third-order valence-electron chi connectivity index (χ3n) is 1.88. The van der Waals surface area contributed by atoms with Crippen LogP contribution >= 0.6 is 0 Å². The summed E-state index contributed by atoms with van der Waals surface area (Å²) in [6, 6.07) is 0. The smallest absolute Gasteiger partial charge is 0.0137 e. The molecule has 0 fully saturated rings. The maximum absolute atomic E-state index is 3.10. The van der Waals surface area contributed by atoms with Crippen LogP contribution in [0.2, 0.25) is 0 Å². The summed E-state index contributed by atoms with van der Waals surface area (Å²) in [5.74, 6) is 0.601. The lowest BCUT2D eigenvalue weighted by atomic mass is 9.82. The van der Waals surface area contributed by atoms with Gasteiger partial charge in [0.2, 0.25) is 0 Å². The predicted octanol–water partition coefficient (Wildman–Crippen LogP) is 3.40. The van der Waals surface area contributed by atoms with Crippen LogP contribution < -0.4 is 0 Å². The average Bonchev–Trinajstić information content (AvgIpc) is 1.80. The first-order valence-corrected chi connectivity index (χ1v) is 3.85. The fourth-order valence-electron chi connectivity index (χ4n) is 0.491. The number of allylic oxidation sites excluding steroid dienone is 1. The first-order chi connectivity index (χ1) is 4.48. The lowest BCUT2D eigenvalue weighted by Crippen LogP contribution is -2.14. The second-order valence-electron chi connectivity index (χ2n) is 3.78. The number of rotatable bonds is 1. The van der Waals surface area contributed by atoms with E-state index in [4.69, 9.17) is 0 Å². The zero-order chi connectivity index (χ0) is 8.20. The van der Waals surface area contributed by atoms with E-state index in [0.717, 1.165) is 0 Å². The van der Waals surface area contributed by atoms with Gasteiger partial charge in [-0.3, -0.25) is 0 Å². The molecule has 0 N–H and O–H groups in total. The molecule has 0 aromatic heterocycles. The fourth-order valence-corrected chi connectivity index (χ4v) is 0.491. The Labute approximate surface area is 64.6 Å². The second-order valence-corrected chi connectivity index (χ2v) is 3.78. The minimum Gasteiger partial charge on any atom is -0.130 e. The van der Waals surface area contributed by atoms with Crippen LogP contribution in [0.3, 0.4) is 0 Å². The number of hydrogen-bond donors (Lipinski definition) is 0. The highest BCUT2D eigenvalue weighted by Crippen LogP contribution is 2.25. The summed E-state index contributed by atoms with van der Waals surface area (Å²) < 4.78 is 0. The summed E-state index contributed by atoms with van der Waals surface area (Å²) in [6.07, 6.45) is 4.07. The molecule has 1 atom stereocenters. The largest absolute Gasteiger partial charge is 0.130 e. The van der Waals surface area contributed by atoms with E-state index in [0.29, 0.717) is 11.3 Å². The van der Waals surface area contributed by atoms with Gasteiger partial charge in [0.05, 0.1) is 0 Å². The molecule has 0 aliphatic heterocycles. The van der Waals surface area contributed by atoms with Crippen molar-refractivity contribution in [3.05, 3.63) is 17.9 Å². The molecule has 0 nitrogen and oxygen atoms in total. The van der Waals surface area contributed by atoms with Gasteiger partial charge in [-0.2, -0.15) is 0 Å². The molecular formula is C10H18. The van der Waals surface area contributed by atoms with Gasteiger partial charge in [-0.05, 0) is 30.4 Å². The lowest BCUT2D eigenvalue weighted by molar-refractivity contribution is 0.314. The van der Waals surface area contributed by atoms with Crippen molar-refractivity contribution in [2.45, 2.75) is 34.6 Å². The SMILES string of the molecule is CC=C=CC(C)C(C)(C)C. The van der Waals surface area contributed by atoms with Crippen molar-refractivity contribution in [2.24, 2.45) is 11.3 Å². The molecule has 0 saturated heterocycles. The third-order valence-corrected chi connectivity index (χ3v) is 1.88. The van der Waals surface area contributed by atoms with Gasteiger partial charge < -0.3 is 0 Å². The van der Waals surface area contributed by atoms with Crippen LogP contribution in [0, 0.1) is 11.3 Å². The minimum atomic E-state index is 0.371. The Morgan fingerprint density at radius 3 is 2.10 bits per heavy atom. The van der Waals surface area contributed by atoms with Crippen molar-refractivity contribution in [2.75, 3.05) is 0 Å². The van der Waals surface area contributed by atoms with Crippen molar-refractivity contribution in [1.29, 1.82) is 0 Å². The van der Waals surface area contributed by atoms with Gasteiger partial charge >= 0.3 is 0 Å². The monoisotopic (exact) mass is 138 g/mol. The molecule has 0 aromatic carbocycles. The van der Waals surface area contributed by atoms with Crippen LogP contribution in [0.25, 0.3) is 0 Å². The fraction of sp³-hybridized carbons (Fsp3) is 0.700. The van der Waals surface area contributed by atoms with Crippen LogP contribution in [0.15, 0.2) is 17.9 Å². The van der Waals surface area contributed by atoms with E-state index in [9.17, 15) is 0 Å². The molecule has 0 bridgehead atoms. The Hall–Kier alpha value is -0.480. The highest BCUT2D eigenvalue weighted by Gasteiger charge is 2.16. The van der Waals surface area contributed by atoms with Crippen molar-refractivity contribution < 1.29 is 0 Å². The molecule has 58 valence electrons. The zero-order valence-electron chi connectivity index (χ0n) is 7.73. The zero-order valence-corrected chi connectivity index (χ0v) is 7.73. The van der Waals surface area contributed by atoms with Crippen molar-refractivity contribution in [3.8, 4) is 0 Å². The molecule has 0 saturated carbocycles. The Morgan fingerprint density at radius 2 is 1.80 bits per heavy atom. The summed E-state index contributed by atoms with van der Waals surface area (Å²) in [5.41, 5.74) is 3.48. The first kappa shape index (κ1) is 9.52. The van der Waals surface area contributed by atoms with Gasteiger partial charge in [-0.1, -0.05) is 27.7 Å². The van der Waals surface area contributed by atoms with Crippen LogP contribution in [-0.2, 0) is 0 Å². The summed E-state index contributed by atoms with van der Waals surface area (Å²) in [6.45, 7) is 10.9. The molecule has 0 aliphatic carbocycles. The molecule has 0 radical (unpaired) electrons. The molecule has 0 spiro atoms. The summed E-state index contributed by atoms with van der Waals surface area (Å²) in [5, 5.41) is 0. The van der Waals surface area contributed by atoms with Gasteiger partial charge in [-0.15, -0.1) is 5.73 Å². The standard InChI is InChI=1S/C10H18/c1-6-7-8-9(2)10(3,4)5/h6,8-9H,1-5H3. The quantitative estimate of drug-likeness (QED) is 0.487. The van der Waals surface area contributed by atoms with Gasteiger partial charge in [-0.25, -0.2) is 0 Å². The maximum Gasteiger partial charge on any atom is -0.0137 e. The summed E-state index contributed by atoms with van der Waals surface area (Å²) >= 11 is 0. The highest BCUT2D eigenvalue weighted by molar-refractivity contribution is 4.91. The van der Waals surface area contributed by atoms with E-state index in [1.165, 1.54) is 0 Å². The van der Waals surface area contributed by atoms with Gasteiger partial charge in [0.15, 0.2) is 0 Å². The van der Waals surface area contributed by atoms with E-state index in [-0.39, 0.29) is 0 Å². The normalized spacial score (nSPS) is 13.7. The molecule has 0 heterocycles. The Bertz CT molecular complexity index is 140. The molecule has 0 heteroatoms. The van der Waals surface area contributed by atoms with Crippen molar-refractivity contribution in [3.63, 3.8) is 0 Å². The Kier molecular flexibility index (Phi) is 3.46. The maximum atomic E-state index is 3.10. The van der Waals surface area contributed by atoms with E-state index in [1.807, 2.05) is 13.0 Å². The van der Waals surface area contributed by atoms with Crippen LogP contribution in [0.5, 0.6) is 0 Å². The van der Waals surface area contributed by atoms with Crippen LogP contribution in [0.1, 0.15) is 34.6 Å². The molecular weight excluding hydrogens is 120 g/mol. The Morgan fingerprint density at radius 1 is 1.30 bits per heavy atom. The van der Waals surface area contributed by atoms with Crippen LogP contribution in [-0.4, -0.2) is 0 Å². The molecule has 0 aliphatic rings. The molecule has 0 aromatic rings. The molecule has 0 rings (SSSR count). The summed E-state index contributed by atoms with van der Waals surface area (Å²) in [4.78, 5) is 0. The molecule has 0 amide bonds. The topological polar surface area (TPSA) is 0 Å².